The van der Waals surface area contributed by atoms with Crippen LogP contribution in [0.5, 0.6) is 0 Å². The molecule has 0 N–H and O–H groups in total. The molecule has 2 aliphatic heterocycles. The van der Waals surface area contributed by atoms with Crippen molar-refractivity contribution < 1.29 is 13.2 Å². The Morgan fingerprint density at radius 1 is 1.17 bits per heavy atom. The van der Waals surface area contributed by atoms with E-state index in [1.165, 1.54) is 6.20 Å². The van der Waals surface area contributed by atoms with Gasteiger partial charge in [0.25, 0.3) is 0 Å². The maximum absolute atomic E-state index is 14.0. The van der Waals surface area contributed by atoms with Crippen LogP contribution >= 0.6 is 11.6 Å². The normalized spacial score (nSPS) is 20.6. The van der Waals surface area contributed by atoms with Gasteiger partial charge in [-0.3, -0.25) is 4.90 Å². The number of nitrogens with zero attached hydrogens (tertiary/aromatic N) is 3. The molecule has 2 aromatic heterocycles. The van der Waals surface area contributed by atoms with Crippen molar-refractivity contribution in [2.45, 2.75) is 43.9 Å². The maximum atomic E-state index is 14.0. The zero-order valence-corrected chi connectivity index (χ0v) is 16.5. The first-order valence-electron chi connectivity index (χ1n) is 9.95. The summed E-state index contributed by atoms with van der Waals surface area (Å²) in [5.74, 6) is -1.58. The van der Waals surface area contributed by atoms with Gasteiger partial charge in [-0.2, -0.15) is 13.2 Å². The predicted molar refractivity (Wildman–Crippen MR) is 107 cm³/mol. The molecule has 152 valence electrons. The Kier molecular flexibility index (Phi) is 4.59. The molecule has 1 fully saturated rings. The Bertz CT molecular complexity index is 1040. The molecule has 0 bridgehead atoms. The number of rotatable bonds is 3. The zero-order chi connectivity index (χ0) is 20.2. The van der Waals surface area contributed by atoms with Crippen molar-refractivity contribution >= 4 is 22.6 Å². The zero-order valence-electron chi connectivity index (χ0n) is 15.8. The Balaban J connectivity index is 1.67. The van der Waals surface area contributed by atoms with Gasteiger partial charge in [-0.05, 0) is 36.6 Å². The molecular formula is C22H21ClF3N3. The van der Waals surface area contributed by atoms with Crippen LogP contribution in [0.3, 0.4) is 0 Å². The molecule has 2 atom stereocenters. The Labute approximate surface area is 172 Å². The van der Waals surface area contributed by atoms with Gasteiger partial charge in [0, 0.05) is 42.8 Å². The van der Waals surface area contributed by atoms with E-state index in [1.807, 2.05) is 10.6 Å². The van der Waals surface area contributed by atoms with Crippen molar-refractivity contribution in [3.05, 3.63) is 64.4 Å². The Morgan fingerprint density at radius 2 is 1.97 bits per heavy atom. The second kappa shape index (κ2) is 7.03. The lowest BCUT2D eigenvalue weighted by Crippen LogP contribution is -2.32. The molecular weight excluding hydrogens is 399 g/mol. The average molecular weight is 420 g/mol. The van der Waals surface area contributed by atoms with Crippen molar-refractivity contribution in [2.24, 2.45) is 0 Å². The van der Waals surface area contributed by atoms with Crippen LogP contribution in [-0.4, -0.2) is 33.7 Å². The standard InChI is InChI=1S/C22H21ClF3N3/c23-15-11-16-20-18-7-4-9-28(18)10-8-19(20)29(21(16)27-12-15)13-17(22(24,25)26)14-5-2-1-3-6-14/h1-3,5-6,11-12,17-18H,4,7-10,13H2. The van der Waals surface area contributed by atoms with Crippen LogP contribution in [0.4, 0.5) is 13.2 Å². The van der Waals surface area contributed by atoms with Crippen LogP contribution in [0.25, 0.3) is 11.0 Å². The minimum Gasteiger partial charge on any atom is -0.328 e. The first-order chi connectivity index (χ1) is 13.9. The van der Waals surface area contributed by atoms with Crippen molar-refractivity contribution in [1.29, 1.82) is 0 Å². The highest BCUT2D eigenvalue weighted by molar-refractivity contribution is 6.31. The number of benzene rings is 1. The van der Waals surface area contributed by atoms with Gasteiger partial charge in [-0.15, -0.1) is 0 Å². The molecule has 0 radical (unpaired) electrons. The fourth-order valence-electron chi connectivity index (χ4n) is 5.05. The van der Waals surface area contributed by atoms with Gasteiger partial charge >= 0.3 is 6.18 Å². The molecule has 29 heavy (non-hydrogen) atoms. The van der Waals surface area contributed by atoms with Crippen LogP contribution in [0.2, 0.25) is 5.02 Å². The summed E-state index contributed by atoms with van der Waals surface area (Å²) in [7, 11) is 0. The summed E-state index contributed by atoms with van der Waals surface area (Å²) in [5.41, 5.74) is 3.01. The van der Waals surface area contributed by atoms with Gasteiger partial charge < -0.3 is 4.57 Å². The quantitative estimate of drug-likeness (QED) is 0.540. The van der Waals surface area contributed by atoms with Crippen LogP contribution in [0.1, 0.15) is 41.6 Å². The van der Waals surface area contributed by atoms with Crippen molar-refractivity contribution in [1.82, 2.24) is 14.5 Å². The Hall–Kier alpha value is -2.05. The van der Waals surface area contributed by atoms with E-state index in [0.717, 1.165) is 49.0 Å². The molecule has 4 heterocycles. The van der Waals surface area contributed by atoms with Gasteiger partial charge in [-0.25, -0.2) is 4.98 Å². The maximum Gasteiger partial charge on any atom is 0.397 e. The van der Waals surface area contributed by atoms with E-state index >= 15 is 0 Å². The number of hydrogen-bond acceptors (Lipinski definition) is 2. The summed E-state index contributed by atoms with van der Waals surface area (Å²) < 4.78 is 43.9. The molecule has 0 aliphatic carbocycles. The first kappa shape index (κ1) is 18.9. The highest BCUT2D eigenvalue weighted by Crippen LogP contribution is 2.45. The lowest BCUT2D eigenvalue weighted by atomic mass is 9.95. The molecule has 7 heteroatoms. The summed E-state index contributed by atoms with van der Waals surface area (Å²) in [4.78, 5) is 6.91. The lowest BCUT2D eigenvalue weighted by molar-refractivity contribution is -0.153. The van der Waals surface area contributed by atoms with Gasteiger partial charge in [0.15, 0.2) is 0 Å². The van der Waals surface area contributed by atoms with Crippen LogP contribution < -0.4 is 0 Å². The van der Waals surface area contributed by atoms with Gasteiger partial charge in [0.2, 0.25) is 0 Å². The highest BCUT2D eigenvalue weighted by Gasteiger charge is 2.43. The molecule has 1 aromatic carbocycles. The number of aromatic nitrogens is 2. The molecule has 2 unspecified atom stereocenters. The van der Waals surface area contributed by atoms with E-state index in [2.05, 4.69) is 9.88 Å². The molecule has 0 spiro atoms. The second-order valence-electron chi connectivity index (χ2n) is 7.94. The fourth-order valence-corrected chi connectivity index (χ4v) is 5.21. The monoisotopic (exact) mass is 419 g/mol. The van der Waals surface area contributed by atoms with E-state index in [-0.39, 0.29) is 18.2 Å². The van der Waals surface area contributed by atoms with Gasteiger partial charge in [-0.1, -0.05) is 41.9 Å². The molecule has 2 aliphatic rings. The van der Waals surface area contributed by atoms with E-state index in [1.54, 1.807) is 30.3 Å². The number of hydrogen-bond donors (Lipinski definition) is 0. The van der Waals surface area contributed by atoms with E-state index in [0.29, 0.717) is 10.7 Å². The topological polar surface area (TPSA) is 21.1 Å². The predicted octanol–water partition coefficient (Wildman–Crippen LogP) is 5.73. The summed E-state index contributed by atoms with van der Waals surface area (Å²) in [5, 5.41) is 1.42. The van der Waals surface area contributed by atoms with Crippen LogP contribution in [0.15, 0.2) is 42.6 Å². The van der Waals surface area contributed by atoms with Crippen LogP contribution in [-0.2, 0) is 13.0 Å². The summed E-state index contributed by atoms with van der Waals surface area (Å²) in [6, 6.07) is 10.3. The third-order valence-corrected chi connectivity index (χ3v) is 6.52. The van der Waals surface area contributed by atoms with Crippen molar-refractivity contribution in [3.8, 4) is 0 Å². The SMILES string of the molecule is FC(F)(F)C(Cn1c2c(c3cc(Cl)cnc31)C1CCCN1CC2)c1ccccc1. The largest absolute Gasteiger partial charge is 0.397 e. The third kappa shape index (κ3) is 3.22. The molecule has 5 rings (SSSR count). The number of pyridine rings is 1. The van der Waals surface area contributed by atoms with E-state index in [4.69, 9.17) is 11.6 Å². The van der Waals surface area contributed by atoms with E-state index in [9.17, 15) is 13.2 Å². The first-order valence-corrected chi connectivity index (χ1v) is 10.3. The smallest absolute Gasteiger partial charge is 0.328 e. The summed E-state index contributed by atoms with van der Waals surface area (Å²) in [6.07, 6.45) is 0.0633. The molecule has 3 aromatic rings. The number of alkyl halides is 3. The Morgan fingerprint density at radius 3 is 2.72 bits per heavy atom. The number of halogens is 4. The lowest BCUT2D eigenvalue weighted by Gasteiger charge is -2.31. The summed E-state index contributed by atoms with van der Waals surface area (Å²) >= 11 is 6.22. The average Bonchev–Trinajstić information content (AvgIpc) is 3.28. The van der Waals surface area contributed by atoms with Crippen molar-refractivity contribution in [3.63, 3.8) is 0 Å². The minimum atomic E-state index is -4.34. The fraction of sp³-hybridized carbons (Fsp3) is 0.409. The molecule has 0 amide bonds. The molecule has 3 nitrogen and oxygen atoms in total. The number of fused-ring (bicyclic) bond motifs is 5. The second-order valence-corrected chi connectivity index (χ2v) is 8.38. The minimum absolute atomic E-state index is 0.166. The molecule has 1 saturated heterocycles. The van der Waals surface area contributed by atoms with Crippen LogP contribution in [0, 0.1) is 0 Å². The molecule has 0 saturated carbocycles. The highest BCUT2D eigenvalue weighted by atomic mass is 35.5. The van der Waals surface area contributed by atoms with Gasteiger partial charge in [0.05, 0.1) is 10.9 Å². The van der Waals surface area contributed by atoms with Crippen molar-refractivity contribution in [2.75, 3.05) is 13.1 Å². The summed E-state index contributed by atoms with van der Waals surface area (Å²) in [6.45, 7) is 1.75. The van der Waals surface area contributed by atoms with Gasteiger partial charge in [0.1, 0.15) is 5.65 Å². The van der Waals surface area contributed by atoms with E-state index < -0.39 is 12.1 Å². The third-order valence-electron chi connectivity index (χ3n) is 6.31.